The molecule has 7 unspecified atom stereocenters. The molecule has 4 rings (SSSR count). The summed E-state index contributed by atoms with van der Waals surface area (Å²) >= 11 is 0. The Bertz CT molecular complexity index is 898. The van der Waals surface area contributed by atoms with E-state index in [9.17, 15) is 39.3 Å². The largest absolute Gasteiger partial charge is 0.434 e. The molecule has 4 aliphatic rings. The lowest BCUT2D eigenvalue weighted by Gasteiger charge is -2.40. The summed E-state index contributed by atoms with van der Waals surface area (Å²) in [6.07, 6.45) is -3.26. The minimum absolute atomic E-state index is 0.0426. The number of aliphatic hydroxyl groups excluding tert-OH is 3. The van der Waals surface area contributed by atoms with Crippen molar-refractivity contribution >= 4 is 29.6 Å². The summed E-state index contributed by atoms with van der Waals surface area (Å²) in [5, 5.41) is 33.2. The molecule has 4 saturated heterocycles. The Hall–Kier alpha value is -2.77. The van der Waals surface area contributed by atoms with Gasteiger partial charge in [0.15, 0.2) is 0 Å². The monoisotopic (exact) mass is 496 g/mol. The molecule has 0 aromatic carbocycles. The van der Waals surface area contributed by atoms with Crippen molar-refractivity contribution in [3.05, 3.63) is 0 Å². The molecule has 4 heterocycles. The van der Waals surface area contributed by atoms with E-state index in [1.165, 1.54) is 16.7 Å². The van der Waals surface area contributed by atoms with Gasteiger partial charge in [0.1, 0.15) is 24.2 Å². The van der Waals surface area contributed by atoms with E-state index in [-0.39, 0.29) is 38.9 Å². The van der Waals surface area contributed by atoms with E-state index in [0.29, 0.717) is 12.8 Å². The van der Waals surface area contributed by atoms with Crippen LogP contribution >= 0.6 is 0 Å². The zero-order valence-electron chi connectivity index (χ0n) is 19.5. The Morgan fingerprint density at radius 3 is 2.26 bits per heavy atom. The van der Waals surface area contributed by atoms with Crippen molar-refractivity contribution in [2.24, 2.45) is 0 Å². The molecule has 0 spiro atoms. The maximum absolute atomic E-state index is 13.5. The van der Waals surface area contributed by atoms with Gasteiger partial charge < -0.3 is 40.1 Å². The second-order valence-corrected chi connectivity index (χ2v) is 9.69. The van der Waals surface area contributed by atoms with Crippen LogP contribution in [-0.4, -0.2) is 122 Å². The minimum atomic E-state index is -1.79. The highest BCUT2D eigenvalue weighted by Gasteiger charge is 2.46. The number of ether oxygens (including phenoxy) is 1. The molecule has 13 heteroatoms. The predicted molar refractivity (Wildman–Crippen MR) is 116 cm³/mol. The van der Waals surface area contributed by atoms with Gasteiger partial charge in [-0.2, -0.15) is 0 Å². The highest BCUT2D eigenvalue weighted by molar-refractivity contribution is 5.95. The fourth-order valence-electron chi connectivity index (χ4n) is 5.39. The number of hydrogen-bond donors (Lipinski definition) is 4. The molecule has 4 amide bonds. The van der Waals surface area contributed by atoms with Crippen molar-refractivity contribution in [1.29, 1.82) is 0 Å². The molecule has 35 heavy (non-hydrogen) atoms. The van der Waals surface area contributed by atoms with Crippen molar-refractivity contribution in [3.63, 3.8) is 0 Å². The van der Waals surface area contributed by atoms with Crippen LogP contribution in [0.25, 0.3) is 0 Å². The van der Waals surface area contributed by atoms with Crippen molar-refractivity contribution in [1.82, 2.24) is 20.0 Å². The smallest absolute Gasteiger partial charge is 0.331 e. The third-order valence-electron chi connectivity index (χ3n) is 7.18. The van der Waals surface area contributed by atoms with Gasteiger partial charge in [-0.1, -0.05) is 0 Å². The van der Waals surface area contributed by atoms with Gasteiger partial charge in [0.05, 0.1) is 18.6 Å². The third-order valence-corrected chi connectivity index (χ3v) is 7.18. The summed E-state index contributed by atoms with van der Waals surface area (Å²) in [5.41, 5.74) is 0. The lowest BCUT2D eigenvalue weighted by Crippen LogP contribution is -2.61. The lowest BCUT2D eigenvalue weighted by molar-refractivity contribution is -0.178. The predicted octanol–water partition coefficient (Wildman–Crippen LogP) is -2.94. The van der Waals surface area contributed by atoms with Crippen LogP contribution < -0.4 is 5.32 Å². The van der Waals surface area contributed by atoms with Crippen LogP contribution in [0.1, 0.15) is 45.4 Å². The van der Waals surface area contributed by atoms with Gasteiger partial charge in [-0.3, -0.25) is 19.2 Å². The molecule has 13 nitrogen and oxygen atoms in total. The summed E-state index contributed by atoms with van der Waals surface area (Å²) in [4.78, 5) is 68.9. The molecule has 0 bridgehead atoms. The van der Waals surface area contributed by atoms with E-state index in [0.717, 1.165) is 4.90 Å². The summed E-state index contributed by atoms with van der Waals surface area (Å²) in [5.74, 6) is -3.28. The van der Waals surface area contributed by atoms with Gasteiger partial charge in [-0.15, -0.1) is 0 Å². The number of rotatable bonds is 0. The summed E-state index contributed by atoms with van der Waals surface area (Å²) < 4.78 is 5.04. The van der Waals surface area contributed by atoms with Crippen molar-refractivity contribution in [3.8, 4) is 0 Å². The average molecular weight is 497 g/mol. The van der Waals surface area contributed by atoms with E-state index < -0.39 is 78.7 Å². The molecule has 0 saturated carbocycles. The summed E-state index contributed by atoms with van der Waals surface area (Å²) in [6.45, 7) is 1.64. The average Bonchev–Trinajstić information content (AvgIpc) is 3.44. The molecule has 0 aromatic rings. The lowest BCUT2D eigenvalue weighted by atomic mass is 9.96. The first-order valence-corrected chi connectivity index (χ1v) is 12.0. The number of piperidine rings is 1. The van der Waals surface area contributed by atoms with E-state index in [2.05, 4.69) is 5.32 Å². The standard InChI is InChI=1S/C22H32N4O9/c1-11-20(32)24-5-2-3-14(24)22(34)35-18(30)9-17(29)26-10-13(28)8-16(26)21(33)25-6-4-12(27)7-15(25)19(31)23-11/h11-16,18,27-28,30H,2-10H2,1H3,(H,23,31). The molecule has 4 aliphatic heterocycles. The van der Waals surface area contributed by atoms with Gasteiger partial charge in [0.25, 0.3) is 0 Å². The first-order chi connectivity index (χ1) is 16.6. The van der Waals surface area contributed by atoms with Crippen LogP contribution in [-0.2, 0) is 28.7 Å². The zero-order valence-corrected chi connectivity index (χ0v) is 19.5. The second kappa shape index (κ2) is 10.1. The normalized spacial score (nSPS) is 37.5. The SMILES string of the molecule is CC1NC(=O)C2CC(O)CCN2C(=O)C2CC(O)CN2C(=O)CC(O)OC(=O)C2CCCN2C1=O. The maximum atomic E-state index is 13.5. The van der Waals surface area contributed by atoms with E-state index in [1.54, 1.807) is 0 Å². The zero-order chi connectivity index (χ0) is 25.4. The van der Waals surface area contributed by atoms with Crippen LogP contribution in [0.15, 0.2) is 0 Å². The highest BCUT2D eigenvalue weighted by Crippen LogP contribution is 2.27. The Labute approximate surface area is 202 Å². The number of cyclic esters (lactones) is 1. The Balaban J connectivity index is 1.66. The number of carbonyl (C=O) groups is 5. The number of fused-ring (bicyclic) bond motifs is 3. The molecule has 0 aromatic heterocycles. The number of amides is 4. The maximum Gasteiger partial charge on any atom is 0.331 e. The van der Waals surface area contributed by atoms with Crippen molar-refractivity contribution in [2.75, 3.05) is 19.6 Å². The summed E-state index contributed by atoms with van der Waals surface area (Å²) in [7, 11) is 0. The number of nitrogens with zero attached hydrogens (tertiary/aromatic N) is 3. The fraction of sp³-hybridized carbons (Fsp3) is 0.773. The Kier molecular flexibility index (Phi) is 7.29. The third kappa shape index (κ3) is 5.11. The Morgan fingerprint density at radius 1 is 0.829 bits per heavy atom. The van der Waals surface area contributed by atoms with Crippen LogP contribution in [0.3, 0.4) is 0 Å². The Morgan fingerprint density at radius 2 is 1.51 bits per heavy atom. The van der Waals surface area contributed by atoms with Crippen LogP contribution in [0, 0.1) is 0 Å². The number of carbonyl (C=O) groups excluding carboxylic acids is 5. The van der Waals surface area contributed by atoms with Crippen molar-refractivity contribution < 1.29 is 44.0 Å². The second-order valence-electron chi connectivity index (χ2n) is 9.69. The minimum Gasteiger partial charge on any atom is -0.434 e. The molecular formula is C22H32N4O9. The fourth-order valence-corrected chi connectivity index (χ4v) is 5.39. The molecular weight excluding hydrogens is 464 g/mol. The first kappa shape index (κ1) is 25.3. The van der Waals surface area contributed by atoms with Crippen LogP contribution in [0.5, 0.6) is 0 Å². The first-order valence-electron chi connectivity index (χ1n) is 12.0. The van der Waals surface area contributed by atoms with Crippen molar-refractivity contribution in [2.45, 2.75) is 88.1 Å². The molecule has 194 valence electrons. The number of nitrogens with one attached hydrogen (secondary N) is 1. The molecule has 7 atom stereocenters. The molecule has 4 fully saturated rings. The molecule has 0 radical (unpaired) electrons. The number of esters is 1. The van der Waals surface area contributed by atoms with Gasteiger partial charge in [-0.05, 0) is 26.2 Å². The molecule has 4 N–H and O–H groups in total. The van der Waals surface area contributed by atoms with Crippen LogP contribution in [0.4, 0.5) is 0 Å². The van der Waals surface area contributed by atoms with E-state index in [4.69, 9.17) is 4.74 Å². The topological polar surface area (TPSA) is 177 Å². The van der Waals surface area contributed by atoms with Gasteiger partial charge >= 0.3 is 5.97 Å². The van der Waals surface area contributed by atoms with E-state index >= 15 is 0 Å². The number of hydrogen-bond acceptors (Lipinski definition) is 9. The van der Waals surface area contributed by atoms with Gasteiger partial charge in [0, 0.05) is 32.5 Å². The summed E-state index contributed by atoms with van der Waals surface area (Å²) in [6, 6.07) is -4.14. The van der Waals surface area contributed by atoms with Gasteiger partial charge in [0.2, 0.25) is 29.9 Å². The quantitative estimate of drug-likeness (QED) is 0.256. The molecule has 0 aliphatic carbocycles. The van der Waals surface area contributed by atoms with Crippen LogP contribution in [0.2, 0.25) is 0 Å². The van der Waals surface area contributed by atoms with Gasteiger partial charge in [-0.25, -0.2) is 4.79 Å². The number of aliphatic hydroxyl groups is 3. The highest BCUT2D eigenvalue weighted by atomic mass is 16.6. The van der Waals surface area contributed by atoms with E-state index in [1.807, 2.05) is 0 Å².